The van der Waals surface area contributed by atoms with E-state index in [2.05, 4.69) is 64.0 Å². The van der Waals surface area contributed by atoms with Gasteiger partial charge >= 0.3 is 0 Å². The number of benzene rings is 2. The van der Waals surface area contributed by atoms with Crippen LogP contribution in [0.25, 0.3) is 0 Å². The van der Waals surface area contributed by atoms with E-state index in [1.54, 1.807) is 14.2 Å². The van der Waals surface area contributed by atoms with Gasteiger partial charge in [-0.25, -0.2) is 0 Å². The van der Waals surface area contributed by atoms with E-state index in [-0.39, 0.29) is 24.0 Å². The van der Waals surface area contributed by atoms with Gasteiger partial charge in [-0.15, -0.1) is 24.0 Å². The summed E-state index contributed by atoms with van der Waals surface area (Å²) in [5, 5.41) is 6.71. The molecule has 0 aliphatic heterocycles. The SMILES string of the molecule is CN=C(NCCCCN(C)c1ccccc1)NCc1ccc(OC)cc1.I. The number of para-hydroxylation sites is 1. The van der Waals surface area contributed by atoms with Crippen LogP contribution in [0.4, 0.5) is 5.69 Å². The predicted molar refractivity (Wildman–Crippen MR) is 126 cm³/mol. The smallest absolute Gasteiger partial charge is 0.191 e. The van der Waals surface area contributed by atoms with Gasteiger partial charge in [-0.05, 0) is 42.7 Å². The minimum atomic E-state index is 0. The molecule has 0 aromatic heterocycles. The van der Waals surface area contributed by atoms with Crippen LogP contribution in [-0.4, -0.2) is 40.3 Å². The molecule has 0 bridgehead atoms. The molecule has 0 amide bonds. The molecule has 0 saturated heterocycles. The summed E-state index contributed by atoms with van der Waals surface area (Å²) < 4.78 is 5.18. The topological polar surface area (TPSA) is 48.9 Å². The zero-order valence-corrected chi connectivity index (χ0v) is 18.8. The van der Waals surface area contributed by atoms with Crippen molar-refractivity contribution in [3.8, 4) is 5.75 Å². The summed E-state index contributed by atoms with van der Waals surface area (Å²) in [4.78, 5) is 6.56. The largest absolute Gasteiger partial charge is 0.497 e. The molecule has 0 spiro atoms. The fourth-order valence-corrected chi connectivity index (χ4v) is 2.64. The van der Waals surface area contributed by atoms with Gasteiger partial charge in [0.05, 0.1) is 7.11 Å². The van der Waals surface area contributed by atoms with Gasteiger partial charge in [0.15, 0.2) is 5.96 Å². The number of ether oxygens (including phenoxy) is 1. The normalized spacial score (nSPS) is 10.7. The molecule has 6 heteroatoms. The Hall–Kier alpha value is -1.96. The van der Waals surface area contributed by atoms with Crippen molar-refractivity contribution in [2.45, 2.75) is 19.4 Å². The second-order valence-electron chi connectivity index (χ2n) is 6.16. The highest BCUT2D eigenvalue weighted by Crippen LogP contribution is 2.12. The molecule has 27 heavy (non-hydrogen) atoms. The van der Waals surface area contributed by atoms with Gasteiger partial charge in [-0.2, -0.15) is 0 Å². The van der Waals surface area contributed by atoms with Crippen molar-refractivity contribution in [1.82, 2.24) is 10.6 Å². The summed E-state index contributed by atoms with van der Waals surface area (Å²) in [7, 11) is 5.61. The van der Waals surface area contributed by atoms with Crippen LogP contribution in [0.2, 0.25) is 0 Å². The molecule has 0 atom stereocenters. The van der Waals surface area contributed by atoms with Gasteiger partial charge in [-0.3, -0.25) is 4.99 Å². The molecule has 0 fully saturated rings. The molecular weight excluding hydrogens is 451 g/mol. The molecule has 5 nitrogen and oxygen atoms in total. The average Bonchev–Trinajstić information content (AvgIpc) is 2.71. The fraction of sp³-hybridized carbons (Fsp3) is 0.381. The Balaban J connectivity index is 0.00000364. The lowest BCUT2D eigenvalue weighted by Gasteiger charge is -2.19. The minimum absolute atomic E-state index is 0. The third kappa shape index (κ3) is 8.51. The van der Waals surface area contributed by atoms with Crippen LogP contribution in [0.1, 0.15) is 18.4 Å². The number of halogens is 1. The van der Waals surface area contributed by atoms with E-state index < -0.39 is 0 Å². The van der Waals surface area contributed by atoms with Crippen LogP contribution in [0, 0.1) is 0 Å². The van der Waals surface area contributed by atoms with Gasteiger partial charge in [0.25, 0.3) is 0 Å². The molecule has 0 unspecified atom stereocenters. The summed E-state index contributed by atoms with van der Waals surface area (Å²) in [6.45, 7) is 2.69. The third-order valence-electron chi connectivity index (χ3n) is 4.25. The van der Waals surface area contributed by atoms with Crippen LogP contribution in [0.5, 0.6) is 5.75 Å². The molecule has 0 aliphatic rings. The van der Waals surface area contributed by atoms with Crippen molar-refractivity contribution < 1.29 is 4.74 Å². The zero-order chi connectivity index (χ0) is 18.6. The number of guanidine groups is 1. The molecule has 0 radical (unpaired) electrons. The molecule has 0 aliphatic carbocycles. The quantitative estimate of drug-likeness (QED) is 0.247. The first-order valence-corrected chi connectivity index (χ1v) is 9.06. The second kappa shape index (κ2) is 13.2. The number of nitrogens with zero attached hydrogens (tertiary/aromatic N) is 2. The summed E-state index contributed by atoms with van der Waals surface area (Å²) in [6.07, 6.45) is 2.23. The van der Waals surface area contributed by atoms with Crippen molar-refractivity contribution in [2.75, 3.05) is 39.2 Å². The summed E-state index contributed by atoms with van der Waals surface area (Å²) in [5.74, 6) is 1.70. The van der Waals surface area contributed by atoms with E-state index in [9.17, 15) is 0 Å². The number of nitrogens with one attached hydrogen (secondary N) is 2. The summed E-state index contributed by atoms with van der Waals surface area (Å²) in [5.41, 5.74) is 2.45. The van der Waals surface area contributed by atoms with Crippen LogP contribution >= 0.6 is 24.0 Å². The first-order valence-electron chi connectivity index (χ1n) is 9.06. The van der Waals surface area contributed by atoms with E-state index in [1.165, 1.54) is 11.3 Å². The van der Waals surface area contributed by atoms with Crippen LogP contribution in [0.15, 0.2) is 59.6 Å². The first kappa shape index (κ1) is 23.1. The van der Waals surface area contributed by atoms with Gasteiger partial charge in [-0.1, -0.05) is 30.3 Å². The Labute approximate surface area is 180 Å². The molecule has 2 aromatic carbocycles. The number of hydrogen-bond donors (Lipinski definition) is 2. The van der Waals surface area contributed by atoms with E-state index in [4.69, 9.17) is 4.74 Å². The second-order valence-corrected chi connectivity index (χ2v) is 6.16. The molecule has 2 aromatic rings. The maximum absolute atomic E-state index is 5.18. The van der Waals surface area contributed by atoms with E-state index in [1.807, 2.05) is 18.2 Å². The Kier molecular flexibility index (Phi) is 11.3. The highest BCUT2D eigenvalue weighted by molar-refractivity contribution is 14.0. The Morgan fingerprint density at radius 1 is 1.00 bits per heavy atom. The Morgan fingerprint density at radius 2 is 1.70 bits per heavy atom. The fourth-order valence-electron chi connectivity index (χ4n) is 2.64. The number of methoxy groups -OCH3 is 1. The van der Waals surface area contributed by atoms with Gasteiger partial charge < -0.3 is 20.3 Å². The van der Waals surface area contributed by atoms with Crippen LogP contribution in [-0.2, 0) is 6.54 Å². The standard InChI is InChI=1S/C21H30N4O.HI/c1-22-21(24-17-18-11-13-20(26-3)14-12-18)23-15-7-8-16-25(2)19-9-5-4-6-10-19;/h4-6,9-14H,7-8,15-17H2,1-3H3,(H2,22,23,24);1H. The number of rotatable bonds is 9. The maximum atomic E-state index is 5.18. The molecule has 0 heterocycles. The lowest BCUT2D eigenvalue weighted by Crippen LogP contribution is -2.37. The number of hydrogen-bond acceptors (Lipinski definition) is 3. The summed E-state index contributed by atoms with van der Waals surface area (Å²) in [6, 6.07) is 18.5. The maximum Gasteiger partial charge on any atom is 0.191 e. The average molecular weight is 482 g/mol. The lowest BCUT2D eigenvalue weighted by atomic mass is 10.2. The van der Waals surface area contributed by atoms with Crippen molar-refractivity contribution in [3.63, 3.8) is 0 Å². The number of unbranched alkanes of at least 4 members (excludes halogenated alkanes) is 1. The third-order valence-corrected chi connectivity index (χ3v) is 4.25. The molecule has 2 rings (SSSR count). The van der Waals surface area contributed by atoms with E-state index in [0.717, 1.165) is 44.2 Å². The Bertz CT molecular complexity index is 662. The minimum Gasteiger partial charge on any atom is -0.497 e. The molecule has 148 valence electrons. The van der Waals surface area contributed by atoms with E-state index >= 15 is 0 Å². The van der Waals surface area contributed by atoms with Crippen molar-refractivity contribution in [1.29, 1.82) is 0 Å². The van der Waals surface area contributed by atoms with Crippen molar-refractivity contribution >= 4 is 35.6 Å². The van der Waals surface area contributed by atoms with Crippen LogP contribution in [0.3, 0.4) is 0 Å². The first-order chi connectivity index (χ1) is 12.7. The molecular formula is C21H31IN4O. The zero-order valence-electron chi connectivity index (χ0n) is 16.4. The monoisotopic (exact) mass is 482 g/mol. The van der Waals surface area contributed by atoms with Gasteiger partial charge in [0.2, 0.25) is 0 Å². The van der Waals surface area contributed by atoms with E-state index in [0.29, 0.717) is 0 Å². The van der Waals surface area contributed by atoms with Gasteiger partial charge in [0, 0.05) is 39.4 Å². The van der Waals surface area contributed by atoms with Crippen LogP contribution < -0.4 is 20.3 Å². The number of anilines is 1. The number of aliphatic imine (C=N–C) groups is 1. The predicted octanol–water partition coefficient (Wildman–Crippen LogP) is 3.89. The molecule has 2 N–H and O–H groups in total. The Morgan fingerprint density at radius 3 is 2.33 bits per heavy atom. The highest BCUT2D eigenvalue weighted by Gasteiger charge is 2.01. The van der Waals surface area contributed by atoms with Gasteiger partial charge in [0.1, 0.15) is 5.75 Å². The van der Waals surface area contributed by atoms with Crippen molar-refractivity contribution in [3.05, 3.63) is 60.2 Å². The van der Waals surface area contributed by atoms with Crippen molar-refractivity contribution in [2.24, 2.45) is 4.99 Å². The highest BCUT2D eigenvalue weighted by atomic mass is 127. The molecule has 0 saturated carbocycles. The summed E-state index contributed by atoms with van der Waals surface area (Å²) >= 11 is 0. The lowest BCUT2D eigenvalue weighted by molar-refractivity contribution is 0.414.